The first-order valence-electron chi connectivity index (χ1n) is 12.5. The molecule has 0 unspecified atom stereocenters. The first-order valence-corrected chi connectivity index (χ1v) is 12.5. The molecule has 0 radical (unpaired) electrons. The molecule has 202 valence electrons. The van der Waals surface area contributed by atoms with E-state index in [2.05, 4.69) is 14.6 Å². The van der Waals surface area contributed by atoms with Crippen molar-refractivity contribution in [1.29, 1.82) is 0 Å². The lowest BCUT2D eigenvalue weighted by Crippen LogP contribution is -2.29. The van der Waals surface area contributed by atoms with Crippen molar-refractivity contribution in [2.75, 3.05) is 41.3 Å². The van der Waals surface area contributed by atoms with E-state index < -0.39 is 6.16 Å². The van der Waals surface area contributed by atoms with Gasteiger partial charge in [0.15, 0.2) is 5.88 Å². The van der Waals surface area contributed by atoms with Crippen LogP contribution >= 0.6 is 0 Å². The zero-order valence-corrected chi connectivity index (χ0v) is 22.5. The van der Waals surface area contributed by atoms with Crippen LogP contribution in [-0.4, -0.2) is 79.0 Å². The number of carbonyl (C=O) groups excluding carboxylic acids is 2. The number of hydrogen-bond acceptors (Lipinski definition) is 7. The Balaban J connectivity index is 1.73. The average molecular weight is 529 g/mol. The fourth-order valence-electron chi connectivity index (χ4n) is 4.25. The monoisotopic (exact) mass is 528 g/mol. The standard InChI is InChI=1S/C30H32N4O5/c1-33(2)16-9-17-34(3)29(36)21-12-8-13-22(18-21)31-27(20-10-6-5-7-11-20)26-24-15-14-23(39-30(37)38-4)19-25(24)32-28(26)35/h5-8,10-15,18-19,32,35H,9,16-17H2,1-4H3. The number of methoxy groups -OCH3 is 1. The predicted octanol–water partition coefficient (Wildman–Crippen LogP) is 5.21. The molecule has 3 aromatic carbocycles. The van der Waals surface area contributed by atoms with Gasteiger partial charge in [-0.05, 0) is 57.4 Å². The first-order chi connectivity index (χ1) is 18.8. The van der Waals surface area contributed by atoms with Crippen molar-refractivity contribution >= 4 is 34.4 Å². The summed E-state index contributed by atoms with van der Waals surface area (Å²) in [5.41, 5.74) is 3.43. The van der Waals surface area contributed by atoms with Crippen LogP contribution in [0.25, 0.3) is 10.9 Å². The smallest absolute Gasteiger partial charge is 0.494 e. The van der Waals surface area contributed by atoms with Crippen molar-refractivity contribution < 1.29 is 24.2 Å². The van der Waals surface area contributed by atoms with Crippen molar-refractivity contribution in [3.8, 4) is 11.6 Å². The number of amides is 1. The van der Waals surface area contributed by atoms with Crippen LogP contribution < -0.4 is 4.74 Å². The summed E-state index contributed by atoms with van der Waals surface area (Å²) in [4.78, 5) is 36.3. The van der Waals surface area contributed by atoms with E-state index in [1.54, 1.807) is 48.3 Å². The van der Waals surface area contributed by atoms with Crippen LogP contribution in [0.1, 0.15) is 27.9 Å². The maximum absolute atomic E-state index is 13.1. The number of aromatic nitrogens is 1. The highest BCUT2D eigenvalue weighted by molar-refractivity contribution is 6.22. The summed E-state index contributed by atoms with van der Waals surface area (Å²) in [6.07, 6.45) is 0.0342. The minimum absolute atomic E-state index is 0.0832. The Hall–Kier alpha value is -4.63. The van der Waals surface area contributed by atoms with Gasteiger partial charge >= 0.3 is 6.16 Å². The molecule has 1 heterocycles. The van der Waals surface area contributed by atoms with Gasteiger partial charge in [0, 0.05) is 36.2 Å². The van der Waals surface area contributed by atoms with Crippen LogP contribution in [0.3, 0.4) is 0 Å². The molecule has 1 aromatic heterocycles. The maximum Gasteiger partial charge on any atom is 0.513 e. The van der Waals surface area contributed by atoms with Gasteiger partial charge in [-0.25, -0.2) is 9.79 Å². The number of aromatic amines is 1. The van der Waals surface area contributed by atoms with E-state index in [-0.39, 0.29) is 17.5 Å². The van der Waals surface area contributed by atoms with E-state index in [0.29, 0.717) is 40.0 Å². The van der Waals surface area contributed by atoms with Crippen LogP contribution in [0, 0.1) is 0 Å². The van der Waals surface area contributed by atoms with Crippen LogP contribution in [0.4, 0.5) is 10.5 Å². The van der Waals surface area contributed by atoms with Gasteiger partial charge in [0.05, 0.1) is 29.6 Å². The molecule has 4 aromatic rings. The Bertz CT molecular complexity index is 1490. The summed E-state index contributed by atoms with van der Waals surface area (Å²) in [6, 6.07) is 21.6. The second kappa shape index (κ2) is 12.3. The Morgan fingerprint density at radius 3 is 2.38 bits per heavy atom. The number of nitrogens with zero attached hydrogens (tertiary/aromatic N) is 3. The molecule has 0 atom stereocenters. The molecule has 0 bridgehead atoms. The van der Waals surface area contributed by atoms with Gasteiger partial charge in [0.2, 0.25) is 0 Å². The van der Waals surface area contributed by atoms with Crippen LogP contribution in [0.5, 0.6) is 11.6 Å². The molecular weight excluding hydrogens is 496 g/mol. The van der Waals surface area contributed by atoms with Crippen molar-refractivity contribution in [1.82, 2.24) is 14.8 Å². The van der Waals surface area contributed by atoms with Crippen molar-refractivity contribution in [3.05, 3.63) is 89.5 Å². The number of carbonyl (C=O) groups is 2. The van der Waals surface area contributed by atoms with Crippen LogP contribution in [0.15, 0.2) is 77.8 Å². The average Bonchev–Trinajstić information content (AvgIpc) is 3.26. The molecule has 0 saturated carbocycles. The molecule has 0 fully saturated rings. The normalized spacial score (nSPS) is 11.6. The molecule has 0 aliphatic heterocycles. The number of rotatable bonds is 9. The van der Waals surface area contributed by atoms with Crippen LogP contribution in [0.2, 0.25) is 0 Å². The van der Waals surface area contributed by atoms with E-state index in [1.165, 1.54) is 7.11 Å². The fraction of sp³-hybridized carbons (Fsp3) is 0.233. The van der Waals surface area contributed by atoms with Gasteiger partial charge in [-0.3, -0.25) is 4.79 Å². The van der Waals surface area contributed by atoms with Crippen molar-refractivity contribution in [2.45, 2.75) is 6.42 Å². The fourth-order valence-corrected chi connectivity index (χ4v) is 4.25. The zero-order valence-electron chi connectivity index (χ0n) is 22.5. The van der Waals surface area contributed by atoms with E-state index >= 15 is 0 Å². The third-order valence-corrected chi connectivity index (χ3v) is 6.18. The summed E-state index contributed by atoms with van der Waals surface area (Å²) < 4.78 is 9.68. The Morgan fingerprint density at radius 1 is 0.923 bits per heavy atom. The highest BCUT2D eigenvalue weighted by atomic mass is 16.7. The predicted molar refractivity (Wildman–Crippen MR) is 151 cm³/mol. The number of benzene rings is 3. The second-order valence-electron chi connectivity index (χ2n) is 9.37. The molecular formula is C30H32N4O5. The quantitative estimate of drug-likeness (QED) is 0.175. The number of H-pyrrole nitrogens is 1. The molecule has 4 rings (SSSR count). The summed E-state index contributed by atoms with van der Waals surface area (Å²) >= 11 is 0. The molecule has 39 heavy (non-hydrogen) atoms. The summed E-state index contributed by atoms with van der Waals surface area (Å²) in [7, 11) is 7.04. The first kappa shape index (κ1) is 27.4. The van der Waals surface area contributed by atoms with E-state index in [0.717, 1.165) is 18.5 Å². The Labute approximate surface area is 227 Å². The molecule has 9 heteroatoms. The van der Waals surface area contributed by atoms with E-state index in [1.807, 2.05) is 50.5 Å². The molecule has 1 amide bonds. The zero-order chi connectivity index (χ0) is 27.9. The molecule has 2 N–H and O–H groups in total. The number of aromatic hydroxyl groups is 1. The Kier molecular flexibility index (Phi) is 8.63. The number of ether oxygens (including phenoxy) is 2. The minimum Gasteiger partial charge on any atom is -0.494 e. The second-order valence-corrected chi connectivity index (χ2v) is 9.37. The van der Waals surface area contributed by atoms with Crippen molar-refractivity contribution in [3.63, 3.8) is 0 Å². The number of hydrogen-bond donors (Lipinski definition) is 2. The van der Waals surface area contributed by atoms with E-state index in [4.69, 9.17) is 9.73 Å². The lowest BCUT2D eigenvalue weighted by Gasteiger charge is -2.18. The summed E-state index contributed by atoms with van der Waals surface area (Å²) in [5, 5.41) is 11.6. The number of nitrogens with one attached hydrogen (secondary N) is 1. The largest absolute Gasteiger partial charge is 0.513 e. The molecule has 0 aliphatic carbocycles. The summed E-state index contributed by atoms with van der Waals surface area (Å²) in [6.45, 7) is 1.54. The highest BCUT2D eigenvalue weighted by Crippen LogP contribution is 2.33. The van der Waals surface area contributed by atoms with E-state index in [9.17, 15) is 14.7 Å². The van der Waals surface area contributed by atoms with Crippen LogP contribution in [-0.2, 0) is 4.74 Å². The lowest BCUT2D eigenvalue weighted by molar-refractivity contribution is 0.0790. The minimum atomic E-state index is -0.838. The molecule has 0 spiro atoms. The molecule has 0 saturated heterocycles. The van der Waals surface area contributed by atoms with Crippen molar-refractivity contribution in [2.24, 2.45) is 4.99 Å². The third kappa shape index (κ3) is 6.63. The number of aliphatic imine (C=N–C) groups is 1. The van der Waals surface area contributed by atoms with Gasteiger partial charge in [0.25, 0.3) is 5.91 Å². The Morgan fingerprint density at radius 2 is 1.67 bits per heavy atom. The van der Waals surface area contributed by atoms with Gasteiger partial charge in [0.1, 0.15) is 5.75 Å². The topological polar surface area (TPSA) is 107 Å². The SMILES string of the molecule is COC(=O)Oc1ccc2c(C(=Nc3cccc(C(=O)N(C)CCCN(C)C)c3)c3ccccc3)c(O)[nH]c2c1. The van der Waals surface area contributed by atoms with Gasteiger partial charge in [-0.1, -0.05) is 36.4 Å². The molecule has 9 nitrogen and oxygen atoms in total. The van der Waals surface area contributed by atoms with Gasteiger partial charge in [-0.15, -0.1) is 0 Å². The van der Waals surface area contributed by atoms with Gasteiger partial charge in [-0.2, -0.15) is 0 Å². The third-order valence-electron chi connectivity index (χ3n) is 6.18. The number of fused-ring (bicyclic) bond motifs is 1. The summed E-state index contributed by atoms with van der Waals surface area (Å²) in [5.74, 6) is 0.0945. The maximum atomic E-state index is 13.1. The highest BCUT2D eigenvalue weighted by Gasteiger charge is 2.20. The molecule has 0 aliphatic rings. The van der Waals surface area contributed by atoms with Gasteiger partial charge < -0.3 is 29.4 Å². The lowest BCUT2D eigenvalue weighted by atomic mass is 10.0.